The number of piperidine rings is 1. The highest BCUT2D eigenvalue weighted by atomic mass is 35.5. The van der Waals surface area contributed by atoms with Crippen LogP contribution in [0.1, 0.15) is 42.3 Å². The molecule has 0 amide bonds. The minimum atomic E-state index is 0.0569. The molecule has 3 aromatic rings. The zero-order valence-electron chi connectivity index (χ0n) is 18.2. The van der Waals surface area contributed by atoms with E-state index in [2.05, 4.69) is 24.5 Å². The van der Waals surface area contributed by atoms with Crippen LogP contribution in [-0.2, 0) is 19.4 Å². The van der Waals surface area contributed by atoms with Crippen molar-refractivity contribution in [1.82, 2.24) is 24.7 Å². The number of fused-ring (bicyclic) bond motifs is 3. The van der Waals surface area contributed by atoms with Crippen LogP contribution in [0.5, 0.6) is 0 Å². The van der Waals surface area contributed by atoms with Crippen LogP contribution in [0, 0.1) is 5.41 Å². The smallest absolute Gasteiger partial charge is 0.158 e. The lowest BCUT2D eigenvalue weighted by atomic mass is 9.73. The molecule has 0 radical (unpaired) electrons. The van der Waals surface area contributed by atoms with E-state index in [0.717, 1.165) is 56.0 Å². The maximum Gasteiger partial charge on any atom is 0.158 e. The van der Waals surface area contributed by atoms with E-state index in [1.807, 2.05) is 0 Å². The van der Waals surface area contributed by atoms with E-state index in [9.17, 15) is 0 Å². The minimum absolute atomic E-state index is 0.0569. The first-order valence-electron chi connectivity index (χ1n) is 11.2. The second kappa shape index (κ2) is 7.75. The number of rotatable bonds is 3. The Balaban J connectivity index is 1.16. The molecule has 0 saturated carbocycles. The summed E-state index contributed by atoms with van der Waals surface area (Å²) in [5.74, 6) is 1.44. The molecule has 9 nitrogen and oxygen atoms in total. The summed E-state index contributed by atoms with van der Waals surface area (Å²) >= 11 is 7.59. The number of nitrogens with two attached hydrogens (primary N) is 3. The quantitative estimate of drug-likeness (QED) is 0.513. The van der Waals surface area contributed by atoms with Gasteiger partial charge in [0.05, 0.1) is 28.6 Å². The standard InChI is InChI=1S/C22H26ClN9S/c23-16-14(4-7-27-19(16)25)33-21-20(26)29-15(10-28-21)31-8-5-22(6-9-31)11-32-17(18(22)24)12-2-1-3-13(12)30-32/h4,7,10,18H,1-3,5-6,8-9,11,24H2,(H2,25,27)(H2,26,29)/t18-/m1/s1. The van der Waals surface area contributed by atoms with Crippen molar-refractivity contribution in [2.24, 2.45) is 11.1 Å². The molecule has 1 aliphatic carbocycles. The van der Waals surface area contributed by atoms with Crippen LogP contribution in [0.4, 0.5) is 17.5 Å². The van der Waals surface area contributed by atoms with Gasteiger partial charge in [-0.05, 0) is 43.7 Å². The average Bonchev–Trinajstić information content (AvgIpc) is 3.45. The minimum Gasteiger partial charge on any atom is -0.382 e. The van der Waals surface area contributed by atoms with Gasteiger partial charge in [-0.3, -0.25) is 4.68 Å². The third-order valence-corrected chi connectivity index (χ3v) is 8.94. The SMILES string of the molecule is Nc1nc(N2CCC3(CC2)Cn2nc4c(c2[C@H]3N)CCC4)cnc1Sc1ccnc(N)c1Cl. The first kappa shape index (κ1) is 21.0. The number of aromatic nitrogens is 5. The molecule has 1 fully saturated rings. The molecule has 3 aromatic heterocycles. The number of anilines is 3. The third kappa shape index (κ3) is 3.34. The summed E-state index contributed by atoms with van der Waals surface area (Å²) in [7, 11) is 0. The maximum absolute atomic E-state index is 6.84. The van der Waals surface area contributed by atoms with Crippen molar-refractivity contribution in [3.05, 3.63) is 40.4 Å². The summed E-state index contributed by atoms with van der Waals surface area (Å²) in [6, 6.07) is 1.84. The molecule has 6 rings (SSSR count). The number of aryl methyl sites for hydroxylation is 1. The number of hydrogen-bond acceptors (Lipinski definition) is 9. The fraction of sp³-hybridized carbons (Fsp3) is 0.455. The Morgan fingerprint density at radius 1 is 1.12 bits per heavy atom. The Morgan fingerprint density at radius 2 is 1.94 bits per heavy atom. The Bertz CT molecular complexity index is 1230. The third-order valence-electron chi connectivity index (χ3n) is 7.36. The highest BCUT2D eigenvalue weighted by molar-refractivity contribution is 7.99. The van der Waals surface area contributed by atoms with E-state index >= 15 is 0 Å². The molecule has 0 bridgehead atoms. The number of halogens is 1. The summed E-state index contributed by atoms with van der Waals surface area (Å²) in [6.07, 6.45) is 8.80. The van der Waals surface area contributed by atoms with Gasteiger partial charge in [0.2, 0.25) is 0 Å². The lowest BCUT2D eigenvalue weighted by molar-refractivity contribution is 0.170. The van der Waals surface area contributed by atoms with Crippen LogP contribution in [0.3, 0.4) is 0 Å². The number of hydrogen-bond donors (Lipinski definition) is 3. The van der Waals surface area contributed by atoms with Gasteiger partial charge in [0, 0.05) is 36.1 Å². The molecule has 6 N–H and O–H groups in total. The molecular formula is C22H26ClN9S. The Labute approximate surface area is 201 Å². The fourth-order valence-electron chi connectivity index (χ4n) is 5.51. The topological polar surface area (TPSA) is 138 Å². The molecular weight excluding hydrogens is 458 g/mol. The molecule has 3 aliphatic rings. The average molecular weight is 484 g/mol. The summed E-state index contributed by atoms with van der Waals surface area (Å²) < 4.78 is 2.20. The van der Waals surface area contributed by atoms with E-state index < -0.39 is 0 Å². The van der Waals surface area contributed by atoms with Crippen molar-refractivity contribution >= 4 is 40.8 Å². The molecule has 1 spiro atoms. The van der Waals surface area contributed by atoms with Gasteiger partial charge in [-0.2, -0.15) is 5.10 Å². The fourth-order valence-corrected chi connectivity index (χ4v) is 6.53. The van der Waals surface area contributed by atoms with Gasteiger partial charge in [-0.15, -0.1) is 0 Å². The van der Waals surface area contributed by atoms with Crippen LogP contribution >= 0.6 is 23.4 Å². The van der Waals surface area contributed by atoms with Gasteiger partial charge in [0.25, 0.3) is 0 Å². The van der Waals surface area contributed by atoms with Crippen molar-refractivity contribution in [2.75, 3.05) is 29.5 Å². The lowest BCUT2D eigenvalue weighted by Gasteiger charge is -2.41. The van der Waals surface area contributed by atoms with Crippen LogP contribution in [0.2, 0.25) is 5.02 Å². The molecule has 1 atom stereocenters. The Morgan fingerprint density at radius 3 is 2.73 bits per heavy atom. The zero-order valence-corrected chi connectivity index (χ0v) is 19.7. The van der Waals surface area contributed by atoms with Gasteiger partial charge in [0.15, 0.2) is 5.82 Å². The predicted octanol–water partition coefficient (Wildman–Crippen LogP) is 2.83. The molecule has 2 aliphatic heterocycles. The molecule has 5 heterocycles. The maximum atomic E-state index is 6.84. The molecule has 0 aromatic carbocycles. The largest absolute Gasteiger partial charge is 0.382 e. The highest BCUT2D eigenvalue weighted by Crippen LogP contribution is 2.50. The van der Waals surface area contributed by atoms with Crippen LogP contribution in [-0.4, -0.2) is 37.8 Å². The van der Waals surface area contributed by atoms with Gasteiger partial charge in [-0.1, -0.05) is 23.4 Å². The van der Waals surface area contributed by atoms with Crippen LogP contribution in [0.15, 0.2) is 28.4 Å². The van der Waals surface area contributed by atoms with Gasteiger partial charge in [0.1, 0.15) is 16.7 Å². The number of pyridine rings is 1. The van der Waals surface area contributed by atoms with Crippen molar-refractivity contribution in [2.45, 2.75) is 54.6 Å². The second-order valence-electron chi connectivity index (χ2n) is 9.18. The summed E-state index contributed by atoms with van der Waals surface area (Å²) in [4.78, 5) is 16.2. The van der Waals surface area contributed by atoms with E-state index in [4.69, 9.17) is 33.9 Å². The number of nitrogens with zero attached hydrogens (tertiary/aromatic N) is 6. The monoisotopic (exact) mass is 483 g/mol. The van der Waals surface area contributed by atoms with Gasteiger partial charge < -0.3 is 22.1 Å². The number of nitrogen functional groups attached to an aromatic ring is 2. The van der Waals surface area contributed by atoms with Crippen molar-refractivity contribution in [3.63, 3.8) is 0 Å². The molecule has 1 saturated heterocycles. The zero-order chi connectivity index (χ0) is 22.7. The second-order valence-corrected chi connectivity index (χ2v) is 10.6. The molecule has 0 unspecified atom stereocenters. The molecule has 33 heavy (non-hydrogen) atoms. The normalized spacial score (nSPS) is 20.9. The van der Waals surface area contributed by atoms with Crippen molar-refractivity contribution in [3.8, 4) is 0 Å². The highest BCUT2D eigenvalue weighted by Gasteiger charge is 2.49. The van der Waals surface area contributed by atoms with E-state index in [1.54, 1.807) is 18.5 Å². The van der Waals surface area contributed by atoms with Crippen molar-refractivity contribution in [1.29, 1.82) is 0 Å². The van der Waals surface area contributed by atoms with E-state index in [1.165, 1.54) is 35.1 Å². The molecule has 172 valence electrons. The lowest BCUT2D eigenvalue weighted by Crippen LogP contribution is -2.45. The summed E-state index contributed by atoms with van der Waals surface area (Å²) in [5, 5.41) is 5.87. The molecule has 11 heteroatoms. The summed E-state index contributed by atoms with van der Waals surface area (Å²) in [5.41, 5.74) is 22.9. The van der Waals surface area contributed by atoms with Gasteiger partial charge >= 0.3 is 0 Å². The van der Waals surface area contributed by atoms with E-state index in [-0.39, 0.29) is 17.3 Å². The van der Waals surface area contributed by atoms with Crippen molar-refractivity contribution < 1.29 is 0 Å². The Kier molecular flexibility index (Phi) is 4.93. The van der Waals surface area contributed by atoms with Crippen LogP contribution < -0.4 is 22.1 Å². The van der Waals surface area contributed by atoms with E-state index in [0.29, 0.717) is 15.9 Å². The Hall–Kier alpha value is -2.56. The van der Waals surface area contributed by atoms with Gasteiger partial charge in [-0.25, -0.2) is 15.0 Å². The first-order chi connectivity index (χ1) is 15.9. The van der Waals surface area contributed by atoms with Crippen LogP contribution in [0.25, 0.3) is 0 Å². The first-order valence-corrected chi connectivity index (χ1v) is 12.4. The summed E-state index contributed by atoms with van der Waals surface area (Å²) in [6.45, 7) is 2.66. The predicted molar refractivity (Wildman–Crippen MR) is 129 cm³/mol.